The molecular weight excluding hydrogens is 311 g/mol. The van der Waals surface area contributed by atoms with E-state index in [1.54, 1.807) is 0 Å². The third kappa shape index (κ3) is 5.43. The fraction of sp³-hybridized carbons (Fsp3) is 0.769. The van der Waals surface area contributed by atoms with Crippen LogP contribution in [0.2, 0.25) is 0 Å². The van der Waals surface area contributed by atoms with E-state index in [4.69, 9.17) is 0 Å². The summed E-state index contributed by atoms with van der Waals surface area (Å²) >= 11 is 0. The highest BCUT2D eigenvalue weighted by Crippen LogP contribution is 2.14. The van der Waals surface area contributed by atoms with Crippen molar-refractivity contribution in [3.05, 3.63) is 12.4 Å². The van der Waals surface area contributed by atoms with Crippen LogP contribution in [0.1, 0.15) is 52.4 Å². The topological polar surface area (TPSA) is 12.4 Å². The average molecular weight is 336 g/mol. The van der Waals surface area contributed by atoms with Gasteiger partial charge in [0, 0.05) is 0 Å². The molecule has 0 aromatic heterocycles. The molecule has 1 aliphatic heterocycles. The Morgan fingerprint density at radius 1 is 1.00 bits per heavy atom. The smallest absolute Gasteiger partial charge is 0.194 e. The highest BCUT2D eigenvalue weighted by atomic mass is 127. The Hall–Kier alpha value is 0.100. The molecule has 94 valence electrons. The lowest BCUT2D eigenvalue weighted by Crippen LogP contribution is -3.00. The van der Waals surface area contributed by atoms with Gasteiger partial charge in [0.2, 0.25) is 0 Å². The van der Waals surface area contributed by atoms with E-state index in [1.807, 2.05) is 6.20 Å². The van der Waals surface area contributed by atoms with Gasteiger partial charge in [-0.25, -0.2) is 4.99 Å². The fourth-order valence-corrected chi connectivity index (χ4v) is 2.04. The second-order valence-electron chi connectivity index (χ2n) is 4.47. The minimum Gasteiger partial charge on any atom is -1.00 e. The molecule has 3 heteroatoms. The van der Waals surface area contributed by atoms with Crippen molar-refractivity contribution < 1.29 is 28.5 Å². The molecule has 1 aliphatic rings. The van der Waals surface area contributed by atoms with E-state index in [0.717, 1.165) is 11.0 Å². The second-order valence-corrected chi connectivity index (χ2v) is 4.47. The zero-order chi connectivity index (χ0) is 11.0. The van der Waals surface area contributed by atoms with Gasteiger partial charge in [-0.3, -0.25) is 4.48 Å². The quantitative estimate of drug-likeness (QED) is 0.352. The molecule has 1 unspecified atom stereocenters. The summed E-state index contributed by atoms with van der Waals surface area (Å²) in [6, 6.07) is 0. The van der Waals surface area contributed by atoms with Crippen molar-refractivity contribution in [2.24, 2.45) is 4.99 Å². The van der Waals surface area contributed by atoms with Crippen LogP contribution in [0.15, 0.2) is 17.4 Å². The zero-order valence-electron chi connectivity index (χ0n) is 10.7. The first-order chi connectivity index (χ1) is 7.33. The summed E-state index contributed by atoms with van der Waals surface area (Å²) in [4.78, 5) is 4.20. The van der Waals surface area contributed by atoms with E-state index >= 15 is 0 Å². The Morgan fingerprint density at radius 3 is 2.25 bits per heavy atom. The Bertz CT molecular complexity index is 212. The molecule has 0 spiro atoms. The van der Waals surface area contributed by atoms with Crippen LogP contribution in [0.25, 0.3) is 0 Å². The number of quaternary nitrogens is 1. The van der Waals surface area contributed by atoms with Crippen LogP contribution in [-0.2, 0) is 0 Å². The van der Waals surface area contributed by atoms with Crippen LogP contribution in [-0.4, -0.2) is 23.9 Å². The fourth-order valence-electron chi connectivity index (χ4n) is 2.04. The van der Waals surface area contributed by atoms with E-state index in [9.17, 15) is 0 Å². The van der Waals surface area contributed by atoms with Gasteiger partial charge in [0.15, 0.2) is 6.34 Å². The van der Waals surface area contributed by atoms with Gasteiger partial charge in [0.05, 0.1) is 19.3 Å². The largest absolute Gasteiger partial charge is 1.00 e. The van der Waals surface area contributed by atoms with Crippen molar-refractivity contribution in [1.29, 1.82) is 0 Å². The maximum absolute atomic E-state index is 4.20. The molecule has 0 saturated carbocycles. The molecular formula is C13H25IN2. The van der Waals surface area contributed by atoms with E-state index < -0.39 is 0 Å². The van der Waals surface area contributed by atoms with E-state index in [1.165, 1.54) is 45.1 Å². The van der Waals surface area contributed by atoms with Crippen LogP contribution in [0.3, 0.4) is 0 Å². The lowest BCUT2D eigenvalue weighted by molar-refractivity contribution is -0.777. The van der Waals surface area contributed by atoms with Gasteiger partial charge >= 0.3 is 0 Å². The van der Waals surface area contributed by atoms with E-state index in [0.29, 0.717) is 0 Å². The van der Waals surface area contributed by atoms with Crippen LogP contribution in [0.5, 0.6) is 0 Å². The summed E-state index contributed by atoms with van der Waals surface area (Å²) in [7, 11) is 0. The summed E-state index contributed by atoms with van der Waals surface area (Å²) in [6.45, 7) is 6.86. The molecule has 16 heavy (non-hydrogen) atoms. The monoisotopic (exact) mass is 336 g/mol. The molecule has 0 aromatic carbocycles. The number of hydrogen-bond donors (Lipinski definition) is 0. The van der Waals surface area contributed by atoms with Gasteiger partial charge in [-0.05, 0) is 19.8 Å². The maximum atomic E-state index is 4.20. The first-order valence-electron chi connectivity index (χ1n) is 6.41. The molecule has 0 N–H and O–H groups in total. The Labute approximate surface area is 117 Å². The predicted octanol–water partition coefficient (Wildman–Crippen LogP) is 0.701. The minimum atomic E-state index is 0. The standard InChI is InChI=1S/C13H25N2.HI/c1-3-5-6-7-8-9-11-15(4-2)12-10-14-13-15;/h10,12-13H,3-9,11H2,1-2H3;1H/q+1;/p-1. The van der Waals surface area contributed by atoms with Crippen molar-refractivity contribution in [3.8, 4) is 0 Å². The molecule has 1 atom stereocenters. The molecule has 0 bridgehead atoms. The Kier molecular flexibility index (Phi) is 9.22. The number of nitrogens with zero attached hydrogens (tertiary/aromatic N) is 2. The lowest BCUT2D eigenvalue weighted by atomic mass is 10.1. The van der Waals surface area contributed by atoms with Crippen molar-refractivity contribution >= 4 is 6.34 Å². The summed E-state index contributed by atoms with van der Waals surface area (Å²) in [5.41, 5.74) is 0. The van der Waals surface area contributed by atoms with Gasteiger partial charge < -0.3 is 24.0 Å². The van der Waals surface area contributed by atoms with Crippen LogP contribution >= 0.6 is 0 Å². The third-order valence-corrected chi connectivity index (χ3v) is 3.26. The Morgan fingerprint density at radius 2 is 1.69 bits per heavy atom. The first-order valence-corrected chi connectivity index (χ1v) is 6.41. The number of unbranched alkanes of at least 4 members (excludes halogenated alkanes) is 5. The van der Waals surface area contributed by atoms with Gasteiger partial charge in [-0.15, -0.1) is 0 Å². The number of halogens is 1. The lowest BCUT2D eigenvalue weighted by Gasteiger charge is -2.25. The van der Waals surface area contributed by atoms with Crippen LogP contribution < -0.4 is 24.0 Å². The van der Waals surface area contributed by atoms with Gasteiger partial charge in [-0.1, -0.05) is 32.6 Å². The number of hydrogen-bond acceptors (Lipinski definition) is 1. The molecule has 0 amide bonds. The highest BCUT2D eigenvalue weighted by molar-refractivity contribution is 5.50. The predicted molar refractivity (Wildman–Crippen MR) is 66.7 cm³/mol. The van der Waals surface area contributed by atoms with Crippen LogP contribution in [0, 0.1) is 0 Å². The maximum Gasteiger partial charge on any atom is 0.194 e. The van der Waals surface area contributed by atoms with Crippen molar-refractivity contribution in [3.63, 3.8) is 0 Å². The van der Waals surface area contributed by atoms with Crippen molar-refractivity contribution in [1.82, 2.24) is 0 Å². The van der Waals surface area contributed by atoms with Gasteiger partial charge in [0.1, 0.15) is 6.20 Å². The normalized spacial score (nSPS) is 22.4. The molecule has 0 aromatic rings. The number of rotatable bonds is 8. The molecule has 1 heterocycles. The summed E-state index contributed by atoms with van der Waals surface area (Å²) in [5.74, 6) is 0. The summed E-state index contributed by atoms with van der Waals surface area (Å²) in [6.07, 6.45) is 14.5. The molecule has 0 saturated heterocycles. The van der Waals surface area contributed by atoms with Gasteiger partial charge in [0.25, 0.3) is 0 Å². The SMILES string of the molecule is CCCCCCCC[N+]1(CC)C=CN=C1.[I-]. The second kappa shape index (κ2) is 9.16. The van der Waals surface area contributed by atoms with Crippen molar-refractivity contribution in [2.45, 2.75) is 52.4 Å². The molecule has 2 nitrogen and oxygen atoms in total. The molecule has 0 aliphatic carbocycles. The van der Waals surface area contributed by atoms with E-state index in [2.05, 4.69) is 31.4 Å². The van der Waals surface area contributed by atoms with Gasteiger partial charge in [-0.2, -0.15) is 0 Å². The average Bonchev–Trinajstić information content (AvgIpc) is 2.73. The van der Waals surface area contributed by atoms with Crippen LogP contribution in [0.4, 0.5) is 0 Å². The zero-order valence-corrected chi connectivity index (χ0v) is 12.8. The molecule has 0 radical (unpaired) electrons. The molecule has 0 fully saturated rings. The summed E-state index contributed by atoms with van der Waals surface area (Å²) < 4.78 is 0.966. The highest BCUT2D eigenvalue weighted by Gasteiger charge is 2.22. The van der Waals surface area contributed by atoms with Crippen molar-refractivity contribution in [2.75, 3.05) is 13.1 Å². The van der Waals surface area contributed by atoms with E-state index in [-0.39, 0.29) is 24.0 Å². The Balaban J connectivity index is 0.00000225. The third-order valence-electron chi connectivity index (χ3n) is 3.26. The first kappa shape index (κ1) is 16.1. The number of aliphatic imine (C=N–C) groups is 1. The molecule has 1 rings (SSSR count). The minimum absolute atomic E-state index is 0. The summed E-state index contributed by atoms with van der Waals surface area (Å²) in [5, 5.41) is 0.